The Bertz CT molecular complexity index is 405. The minimum atomic E-state index is -0.158. The highest BCUT2D eigenvalue weighted by Gasteiger charge is 2.13. The topological polar surface area (TPSA) is 50.4 Å². The van der Waals surface area contributed by atoms with Crippen molar-refractivity contribution in [1.82, 2.24) is 10.6 Å². The van der Waals surface area contributed by atoms with Gasteiger partial charge in [-0.2, -0.15) is 0 Å². The van der Waals surface area contributed by atoms with E-state index in [1.165, 1.54) is 0 Å². The Kier molecular flexibility index (Phi) is 5.49. The Balaban J connectivity index is 2.85. The molecule has 0 saturated heterocycles. The highest BCUT2D eigenvalue weighted by Crippen LogP contribution is 2.26. The molecule has 1 aromatic rings. The molecule has 0 radical (unpaired) electrons. The Morgan fingerprint density at radius 2 is 2.11 bits per heavy atom. The molecule has 0 bridgehead atoms. The van der Waals surface area contributed by atoms with Crippen LogP contribution in [-0.2, 0) is 0 Å². The van der Waals surface area contributed by atoms with Gasteiger partial charge in [0.15, 0.2) is 0 Å². The summed E-state index contributed by atoms with van der Waals surface area (Å²) in [5, 5.41) is 5.61. The molecule has 0 saturated carbocycles. The van der Waals surface area contributed by atoms with Crippen molar-refractivity contribution in [2.24, 2.45) is 0 Å². The van der Waals surface area contributed by atoms with Gasteiger partial charge >= 0.3 is 6.03 Å². The summed E-state index contributed by atoms with van der Waals surface area (Å²) in [6, 6.07) is 5.76. The van der Waals surface area contributed by atoms with Crippen molar-refractivity contribution >= 4 is 6.03 Å². The molecule has 0 heterocycles. The molecule has 0 fully saturated rings. The summed E-state index contributed by atoms with van der Waals surface area (Å²) >= 11 is 0. The Morgan fingerprint density at radius 1 is 1.39 bits per heavy atom. The van der Waals surface area contributed by atoms with Gasteiger partial charge in [0.2, 0.25) is 0 Å². The van der Waals surface area contributed by atoms with E-state index in [1.807, 2.05) is 45.9 Å². The van der Waals surface area contributed by atoms with Crippen molar-refractivity contribution in [3.05, 3.63) is 29.3 Å². The maximum atomic E-state index is 11.5. The fourth-order valence-corrected chi connectivity index (χ4v) is 1.78. The van der Waals surface area contributed by atoms with Crippen LogP contribution in [0.15, 0.2) is 18.2 Å². The van der Waals surface area contributed by atoms with Crippen LogP contribution in [0, 0.1) is 6.92 Å². The van der Waals surface area contributed by atoms with Gasteiger partial charge in [0.25, 0.3) is 0 Å². The van der Waals surface area contributed by atoms with Crippen LogP contribution in [0.5, 0.6) is 5.75 Å². The van der Waals surface area contributed by atoms with Crippen LogP contribution in [0.3, 0.4) is 0 Å². The molecule has 1 aromatic carbocycles. The second-order valence-corrected chi connectivity index (χ2v) is 4.20. The third-order valence-corrected chi connectivity index (χ3v) is 2.62. The van der Waals surface area contributed by atoms with Gasteiger partial charge in [-0.15, -0.1) is 0 Å². The summed E-state index contributed by atoms with van der Waals surface area (Å²) in [5.74, 6) is 0.826. The van der Waals surface area contributed by atoms with Crippen LogP contribution in [0.1, 0.15) is 37.9 Å². The minimum Gasteiger partial charge on any atom is -0.494 e. The average Bonchev–Trinajstić information content (AvgIpc) is 2.32. The molecule has 2 amide bonds. The van der Waals surface area contributed by atoms with Gasteiger partial charge in [0, 0.05) is 12.1 Å². The molecule has 1 unspecified atom stereocenters. The molecule has 4 heteroatoms. The molecule has 0 aliphatic carbocycles. The second-order valence-electron chi connectivity index (χ2n) is 4.20. The maximum Gasteiger partial charge on any atom is 0.315 e. The van der Waals surface area contributed by atoms with Crippen LogP contribution >= 0.6 is 0 Å². The largest absolute Gasteiger partial charge is 0.494 e. The van der Waals surface area contributed by atoms with Crippen LogP contribution in [0.2, 0.25) is 0 Å². The zero-order valence-electron chi connectivity index (χ0n) is 11.5. The lowest BCUT2D eigenvalue weighted by Gasteiger charge is -2.18. The lowest BCUT2D eigenvalue weighted by molar-refractivity contribution is 0.238. The standard InChI is InChI=1S/C14H22N2O2/c1-5-15-14(17)16-11(4)12-9-10(3)7-8-13(12)18-6-2/h7-9,11H,5-6H2,1-4H3,(H2,15,16,17). The number of carbonyl (C=O) groups excluding carboxylic acids is 1. The zero-order valence-corrected chi connectivity index (χ0v) is 11.5. The molecule has 1 atom stereocenters. The first-order chi connectivity index (χ1) is 8.58. The first-order valence-corrected chi connectivity index (χ1v) is 6.36. The number of hydrogen-bond donors (Lipinski definition) is 2. The van der Waals surface area contributed by atoms with Crippen LogP contribution in [0.25, 0.3) is 0 Å². The molecule has 0 aliphatic heterocycles. The normalized spacial score (nSPS) is 11.8. The van der Waals surface area contributed by atoms with Crippen LogP contribution < -0.4 is 15.4 Å². The lowest BCUT2D eigenvalue weighted by Crippen LogP contribution is -2.36. The fraction of sp³-hybridized carbons (Fsp3) is 0.500. The molecule has 1 rings (SSSR count). The molecule has 100 valence electrons. The summed E-state index contributed by atoms with van der Waals surface area (Å²) in [6.07, 6.45) is 0. The van der Waals surface area contributed by atoms with E-state index in [0.717, 1.165) is 16.9 Å². The van der Waals surface area contributed by atoms with Crippen molar-refractivity contribution in [2.75, 3.05) is 13.2 Å². The highest BCUT2D eigenvalue weighted by atomic mass is 16.5. The molecule has 2 N–H and O–H groups in total. The first kappa shape index (κ1) is 14.4. The molecule has 18 heavy (non-hydrogen) atoms. The van der Waals surface area contributed by atoms with E-state index in [2.05, 4.69) is 10.6 Å². The highest BCUT2D eigenvalue weighted by molar-refractivity contribution is 5.74. The van der Waals surface area contributed by atoms with Gasteiger partial charge in [-0.25, -0.2) is 4.79 Å². The number of carbonyl (C=O) groups is 1. The number of hydrogen-bond acceptors (Lipinski definition) is 2. The minimum absolute atomic E-state index is 0.0852. The Morgan fingerprint density at radius 3 is 2.72 bits per heavy atom. The fourth-order valence-electron chi connectivity index (χ4n) is 1.78. The summed E-state index contributed by atoms with van der Waals surface area (Å²) in [6.45, 7) is 9.05. The number of amides is 2. The van der Waals surface area contributed by atoms with Crippen molar-refractivity contribution in [3.8, 4) is 5.75 Å². The van der Waals surface area contributed by atoms with Crippen LogP contribution in [0.4, 0.5) is 4.79 Å². The third kappa shape index (κ3) is 3.95. The summed E-state index contributed by atoms with van der Waals surface area (Å²) in [5.41, 5.74) is 2.15. The molecule has 4 nitrogen and oxygen atoms in total. The Hall–Kier alpha value is -1.71. The van der Waals surface area contributed by atoms with E-state index in [-0.39, 0.29) is 12.1 Å². The first-order valence-electron chi connectivity index (χ1n) is 6.36. The van der Waals surface area contributed by atoms with E-state index in [9.17, 15) is 4.79 Å². The SMILES string of the molecule is CCNC(=O)NC(C)c1cc(C)ccc1OCC. The van der Waals surface area contributed by atoms with Crippen LogP contribution in [-0.4, -0.2) is 19.2 Å². The van der Waals surface area contributed by atoms with Crippen molar-refractivity contribution in [2.45, 2.75) is 33.7 Å². The second kappa shape index (κ2) is 6.89. The van der Waals surface area contributed by atoms with Gasteiger partial charge in [-0.1, -0.05) is 17.7 Å². The van der Waals surface area contributed by atoms with E-state index >= 15 is 0 Å². The van der Waals surface area contributed by atoms with Gasteiger partial charge in [0.05, 0.1) is 12.6 Å². The van der Waals surface area contributed by atoms with Gasteiger partial charge < -0.3 is 15.4 Å². The van der Waals surface area contributed by atoms with Gasteiger partial charge in [-0.05, 0) is 33.8 Å². The van der Waals surface area contributed by atoms with E-state index < -0.39 is 0 Å². The number of benzene rings is 1. The monoisotopic (exact) mass is 250 g/mol. The van der Waals surface area contributed by atoms with E-state index in [0.29, 0.717) is 13.2 Å². The molecule has 0 aliphatic rings. The summed E-state index contributed by atoms with van der Waals surface area (Å²) < 4.78 is 5.58. The number of ether oxygens (including phenoxy) is 1. The summed E-state index contributed by atoms with van der Waals surface area (Å²) in [4.78, 5) is 11.5. The molecular weight excluding hydrogens is 228 g/mol. The number of urea groups is 1. The summed E-state index contributed by atoms with van der Waals surface area (Å²) in [7, 11) is 0. The number of nitrogens with one attached hydrogen (secondary N) is 2. The quantitative estimate of drug-likeness (QED) is 0.844. The smallest absolute Gasteiger partial charge is 0.315 e. The third-order valence-electron chi connectivity index (χ3n) is 2.62. The van der Waals surface area contributed by atoms with Gasteiger partial charge in [0.1, 0.15) is 5.75 Å². The molecular formula is C14H22N2O2. The van der Waals surface area contributed by atoms with E-state index in [1.54, 1.807) is 0 Å². The molecule has 0 aromatic heterocycles. The predicted octanol–water partition coefficient (Wildman–Crippen LogP) is 2.77. The van der Waals surface area contributed by atoms with E-state index in [4.69, 9.17) is 4.74 Å². The Labute approximate surface area is 109 Å². The lowest BCUT2D eigenvalue weighted by atomic mass is 10.0. The van der Waals surface area contributed by atoms with Gasteiger partial charge in [-0.3, -0.25) is 0 Å². The average molecular weight is 250 g/mol. The molecule has 0 spiro atoms. The van der Waals surface area contributed by atoms with Crippen molar-refractivity contribution in [3.63, 3.8) is 0 Å². The van der Waals surface area contributed by atoms with Crippen molar-refractivity contribution in [1.29, 1.82) is 0 Å². The predicted molar refractivity (Wildman–Crippen MR) is 73.0 cm³/mol. The number of aryl methyl sites for hydroxylation is 1. The zero-order chi connectivity index (χ0) is 13.5. The van der Waals surface area contributed by atoms with Crippen molar-refractivity contribution < 1.29 is 9.53 Å². The maximum absolute atomic E-state index is 11.5. The number of rotatable bonds is 5.